The van der Waals surface area contributed by atoms with Gasteiger partial charge in [-0.2, -0.15) is 0 Å². The monoisotopic (exact) mass is 341 g/mol. The lowest BCUT2D eigenvalue weighted by Gasteiger charge is -2.24. The Balaban J connectivity index is 2.01. The molecule has 0 aliphatic heterocycles. The fourth-order valence-corrected chi connectivity index (χ4v) is 2.39. The quantitative estimate of drug-likeness (QED) is 0.702. The van der Waals surface area contributed by atoms with Gasteiger partial charge in [0, 0.05) is 5.69 Å². The summed E-state index contributed by atoms with van der Waals surface area (Å²) in [5.74, 6) is 1.54. The van der Waals surface area contributed by atoms with Gasteiger partial charge in [0.1, 0.15) is 11.5 Å². The van der Waals surface area contributed by atoms with Crippen molar-refractivity contribution in [1.29, 1.82) is 0 Å². The van der Waals surface area contributed by atoms with Gasteiger partial charge in [0.2, 0.25) is 5.91 Å². The summed E-state index contributed by atoms with van der Waals surface area (Å²) in [6.07, 6.45) is 2.14. The van der Waals surface area contributed by atoms with Gasteiger partial charge >= 0.3 is 0 Å². The lowest BCUT2D eigenvalue weighted by atomic mass is 9.83. The first-order chi connectivity index (χ1) is 12.0. The molecule has 1 amide bonds. The fraction of sp³-hybridized carbons (Fsp3) is 0.381. The molecular formula is C21H27NO3. The van der Waals surface area contributed by atoms with E-state index < -0.39 is 5.41 Å². The van der Waals surface area contributed by atoms with Crippen LogP contribution in [0.3, 0.4) is 0 Å². The van der Waals surface area contributed by atoms with Crippen molar-refractivity contribution >= 4 is 11.6 Å². The molecule has 0 radical (unpaired) electrons. The van der Waals surface area contributed by atoms with E-state index in [1.165, 1.54) is 0 Å². The van der Waals surface area contributed by atoms with Crippen molar-refractivity contribution in [1.82, 2.24) is 0 Å². The maximum absolute atomic E-state index is 12.7. The highest BCUT2D eigenvalue weighted by Crippen LogP contribution is 2.27. The maximum atomic E-state index is 12.7. The summed E-state index contributed by atoms with van der Waals surface area (Å²) in [6.45, 7) is 6.66. The Labute approximate surface area is 150 Å². The molecule has 0 atom stereocenters. The number of nitrogens with one attached hydrogen (secondary N) is 1. The van der Waals surface area contributed by atoms with Crippen molar-refractivity contribution in [3.63, 3.8) is 0 Å². The number of hydrogen-bond donors (Lipinski definition) is 1. The molecular weight excluding hydrogens is 314 g/mol. The van der Waals surface area contributed by atoms with Crippen LogP contribution in [0.1, 0.15) is 39.2 Å². The van der Waals surface area contributed by atoms with Gasteiger partial charge in [0.05, 0.1) is 19.1 Å². The number of amides is 1. The molecule has 2 aromatic rings. The lowest BCUT2D eigenvalue weighted by molar-refractivity contribution is -0.120. The Kier molecular flexibility index (Phi) is 6.45. The number of carbonyl (C=O) groups is 1. The van der Waals surface area contributed by atoms with E-state index in [4.69, 9.17) is 9.47 Å². The van der Waals surface area contributed by atoms with Gasteiger partial charge in [-0.25, -0.2) is 0 Å². The molecule has 4 heteroatoms. The Bertz CT molecular complexity index is 675. The van der Waals surface area contributed by atoms with Gasteiger partial charge in [-0.1, -0.05) is 25.5 Å². The van der Waals surface area contributed by atoms with Crippen LogP contribution in [-0.4, -0.2) is 19.6 Å². The van der Waals surface area contributed by atoms with E-state index in [1.807, 2.05) is 62.4 Å². The molecule has 134 valence electrons. The summed E-state index contributed by atoms with van der Waals surface area (Å²) in [5, 5.41) is 2.98. The predicted octanol–water partition coefficient (Wildman–Crippen LogP) is 4.79. The number of hydrogen-bond acceptors (Lipinski definition) is 3. The van der Waals surface area contributed by atoms with Crippen LogP contribution < -0.4 is 14.8 Å². The zero-order chi connectivity index (χ0) is 18.3. The molecule has 0 saturated carbocycles. The van der Waals surface area contributed by atoms with Crippen LogP contribution in [0.2, 0.25) is 0 Å². The van der Waals surface area contributed by atoms with Gasteiger partial charge in [-0.3, -0.25) is 4.79 Å². The number of methoxy groups -OCH3 is 1. The first-order valence-electron chi connectivity index (χ1n) is 8.66. The van der Waals surface area contributed by atoms with Crippen LogP contribution in [-0.2, 0) is 10.2 Å². The first kappa shape index (κ1) is 18.8. The van der Waals surface area contributed by atoms with Crippen molar-refractivity contribution in [3.8, 4) is 11.5 Å². The second-order valence-electron chi connectivity index (χ2n) is 6.53. The van der Waals surface area contributed by atoms with Crippen LogP contribution in [0.4, 0.5) is 5.69 Å². The van der Waals surface area contributed by atoms with E-state index in [2.05, 4.69) is 12.2 Å². The first-order valence-corrected chi connectivity index (χ1v) is 8.66. The number of rotatable bonds is 8. The van der Waals surface area contributed by atoms with Gasteiger partial charge in [0.15, 0.2) is 0 Å². The summed E-state index contributed by atoms with van der Waals surface area (Å²) < 4.78 is 10.8. The van der Waals surface area contributed by atoms with Crippen molar-refractivity contribution in [2.75, 3.05) is 19.0 Å². The minimum atomic E-state index is -0.650. The molecule has 4 nitrogen and oxygen atoms in total. The van der Waals surface area contributed by atoms with Gasteiger partial charge in [0.25, 0.3) is 0 Å². The van der Waals surface area contributed by atoms with Crippen molar-refractivity contribution in [3.05, 3.63) is 54.1 Å². The summed E-state index contributed by atoms with van der Waals surface area (Å²) in [7, 11) is 1.63. The molecule has 0 aliphatic carbocycles. The van der Waals surface area contributed by atoms with Crippen LogP contribution in [0.5, 0.6) is 11.5 Å². The molecule has 25 heavy (non-hydrogen) atoms. The Morgan fingerprint density at radius 1 is 1.00 bits per heavy atom. The van der Waals surface area contributed by atoms with Crippen LogP contribution in [0, 0.1) is 0 Å². The van der Waals surface area contributed by atoms with Gasteiger partial charge in [-0.15, -0.1) is 0 Å². The third-order valence-electron chi connectivity index (χ3n) is 4.26. The molecule has 2 rings (SSSR count). The highest BCUT2D eigenvalue weighted by Gasteiger charge is 2.29. The lowest BCUT2D eigenvalue weighted by Crippen LogP contribution is -2.34. The average molecular weight is 341 g/mol. The predicted molar refractivity (Wildman–Crippen MR) is 101 cm³/mol. The second kappa shape index (κ2) is 8.56. The van der Waals surface area contributed by atoms with Crippen LogP contribution >= 0.6 is 0 Å². The van der Waals surface area contributed by atoms with Crippen LogP contribution in [0.15, 0.2) is 48.5 Å². The van der Waals surface area contributed by atoms with E-state index >= 15 is 0 Å². The summed E-state index contributed by atoms with van der Waals surface area (Å²) in [6, 6.07) is 15.1. The van der Waals surface area contributed by atoms with Gasteiger partial charge in [-0.05, 0) is 62.2 Å². The van der Waals surface area contributed by atoms with Crippen molar-refractivity contribution in [2.45, 2.75) is 39.0 Å². The van der Waals surface area contributed by atoms with E-state index in [9.17, 15) is 4.79 Å². The molecule has 0 spiro atoms. The molecule has 0 aromatic heterocycles. The summed E-state index contributed by atoms with van der Waals surface area (Å²) >= 11 is 0. The number of unbranched alkanes of at least 4 members (excludes halogenated alkanes) is 1. The molecule has 0 heterocycles. The van der Waals surface area contributed by atoms with E-state index in [0.29, 0.717) is 6.61 Å². The Morgan fingerprint density at radius 2 is 1.60 bits per heavy atom. The van der Waals surface area contributed by atoms with Crippen molar-refractivity contribution < 1.29 is 14.3 Å². The van der Waals surface area contributed by atoms with E-state index in [-0.39, 0.29) is 5.91 Å². The summed E-state index contributed by atoms with van der Waals surface area (Å²) in [5.41, 5.74) is 1.04. The zero-order valence-electron chi connectivity index (χ0n) is 15.5. The molecule has 0 unspecified atom stereocenters. The van der Waals surface area contributed by atoms with Crippen molar-refractivity contribution in [2.24, 2.45) is 0 Å². The molecule has 1 N–H and O–H groups in total. The van der Waals surface area contributed by atoms with E-state index in [1.54, 1.807) is 7.11 Å². The van der Waals surface area contributed by atoms with Gasteiger partial charge < -0.3 is 14.8 Å². The number of carbonyl (C=O) groups excluding carboxylic acids is 1. The molecule has 0 bridgehead atoms. The standard InChI is InChI=1S/C21H27NO3/c1-5-6-15-25-19-13-9-17(10-14-19)22-20(23)21(2,3)16-7-11-18(24-4)12-8-16/h7-14H,5-6,15H2,1-4H3,(H,22,23). The minimum Gasteiger partial charge on any atom is -0.497 e. The largest absolute Gasteiger partial charge is 0.497 e. The maximum Gasteiger partial charge on any atom is 0.234 e. The Hall–Kier alpha value is -2.49. The molecule has 0 aliphatic rings. The topological polar surface area (TPSA) is 47.6 Å². The zero-order valence-corrected chi connectivity index (χ0v) is 15.5. The summed E-state index contributed by atoms with van der Waals surface area (Å²) in [4.78, 5) is 12.7. The number of benzene rings is 2. The minimum absolute atomic E-state index is 0.0580. The molecule has 0 fully saturated rings. The highest BCUT2D eigenvalue weighted by molar-refractivity contribution is 5.98. The SMILES string of the molecule is CCCCOc1ccc(NC(=O)C(C)(C)c2ccc(OC)cc2)cc1. The third-order valence-corrected chi connectivity index (χ3v) is 4.26. The van der Waals surface area contributed by atoms with E-state index in [0.717, 1.165) is 35.6 Å². The third kappa shape index (κ3) is 4.99. The number of ether oxygens (including phenoxy) is 2. The highest BCUT2D eigenvalue weighted by atomic mass is 16.5. The van der Waals surface area contributed by atoms with Crippen LogP contribution in [0.25, 0.3) is 0 Å². The number of anilines is 1. The Morgan fingerprint density at radius 3 is 2.16 bits per heavy atom. The average Bonchev–Trinajstić information content (AvgIpc) is 2.63. The second-order valence-corrected chi connectivity index (χ2v) is 6.53. The smallest absolute Gasteiger partial charge is 0.234 e. The molecule has 2 aromatic carbocycles. The normalized spacial score (nSPS) is 11.0. The molecule has 0 saturated heterocycles. The fourth-order valence-electron chi connectivity index (χ4n) is 2.39.